The first-order chi connectivity index (χ1) is 10.2. The van der Waals surface area contributed by atoms with E-state index in [2.05, 4.69) is 23.1 Å². The van der Waals surface area contributed by atoms with Gasteiger partial charge in [0.15, 0.2) is 0 Å². The molecule has 0 bridgehead atoms. The Kier molecular flexibility index (Phi) is 4.62. The van der Waals surface area contributed by atoms with Crippen molar-refractivity contribution in [2.45, 2.75) is 57.2 Å². The standard InChI is InChI=1S/C16H28N4O/c1-3-13-12(11-19(2)18-13)15(10-17)20-8-9-21-16-7-5-4-6-14(16)20/h11,14-16H,3-10,17H2,1-2H3. The molecule has 1 aromatic heterocycles. The van der Waals surface area contributed by atoms with Crippen LogP contribution >= 0.6 is 0 Å². The van der Waals surface area contributed by atoms with Gasteiger partial charge in [-0.05, 0) is 19.3 Å². The van der Waals surface area contributed by atoms with Crippen molar-refractivity contribution in [3.05, 3.63) is 17.5 Å². The highest BCUT2D eigenvalue weighted by Crippen LogP contribution is 2.34. The summed E-state index contributed by atoms with van der Waals surface area (Å²) in [5, 5.41) is 4.60. The van der Waals surface area contributed by atoms with Gasteiger partial charge in [0.25, 0.3) is 0 Å². The number of hydrogen-bond acceptors (Lipinski definition) is 4. The highest BCUT2D eigenvalue weighted by Gasteiger charge is 2.38. The molecule has 5 heteroatoms. The van der Waals surface area contributed by atoms with Crippen molar-refractivity contribution in [1.29, 1.82) is 0 Å². The van der Waals surface area contributed by atoms with Crippen LogP contribution in [0.15, 0.2) is 6.20 Å². The molecule has 1 saturated carbocycles. The summed E-state index contributed by atoms with van der Waals surface area (Å²) in [4.78, 5) is 2.60. The molecule has 3 rings (SSSR count). The number of nitrogens with zero attached hydrogens (tertiary/aromatic N) is 3. The Labute approximate surface area is 127 Å². The van der Waals surface area contributed by atoms with Gasteiger partial charge in [-0.25, -0.2) is 0 Å². The third-order valence-corrected chi connectivity index (χ3v) is 5.03. The Bertz CT molecular complexity index is 471. The molecule has 0 aromatic carbocycles. The largest absolute Gasteiger partial charge is 0.375 e. The van der Waals surface area contributed by atoms with Crippen LogP contribution in [0.25, 0.3) is 0 Å². The molecule has 0 spiro atoms. The fourth-order valence-corrected chi connectivity index (χ4v) is 4.06. The quantitative estimate of drug-likeness (QED) is 0.916. The second kappa shape index (κ2) is 6.46. The molecule has 2 heterocycles. The molecular weight excluding hydrogens is 264 g/mol. The molecule has 2 fully saturated rings. The van der Waals surface area contributed by atoms with Crippen molar-refractivity contribution in [2.24, 2.45) is 12.8 Å². The van der Waals surface area contributed by atoms with E-state index in [1.165, 1.54) is 36.9 Å². The molecule has 1 saturated heterocycles. The van der Waals surface area contributed by atoms with E-state index in [4.69, 9.17) is 10.5 Å². The van der Waals surface area contributed by atoms with Crippen LogP contribution < -0.4 is 5.73 Å². The minimum Gasteiger partial charge on any atom is -0.375 e. The number of nitrogens with two attached hydrogens (primary N) is 1. The summed E-state index contributed by atoms with van der Waals surface area (Å²) in [7, 11) is 2.00. The van der Waals surface area contributed by atoms with Crippen LogP contribution in [0.4, 0.5) is 0 Å². The third kappa shape index (κ3) is 2.87. The molecule has 21 heavy (non-hydrogen) atoms. The molecule has 1 aliphatic carbocycles. The zero-order chi connectivity index (χ0) is 14.8. The maximum atomic E-state index is 6.17. The minimum absolute atomic E-state index is 0.281. The SMILES string of the molecule is CCc1nn(C)cc1C(CN)N1CCOC2CCCCC21. The second-order valence-corrected chi connectivity index (χ2v) is 6.31. The number of ether oxygens (including phenoxy) is 1. The number of aromatic nitrogens is 2. The molecule has 3 atom stereocenters. The van der Waals surface area contributed by atoms with Crippen molar-refractivity contribution in [2.75, 3.05) is 19.7 Å². The summed E-state index contributed by atoms with van der Waals surface area (Å²) >= 11 is 0. The third-order valence-electron chi connectivity index (χ3n) is 5.03. The van der Waals surface area contributed by atoms with Crippen molar-refractivity contribution >= 4 is 0 Å². The topological polar surface area (TPSA) is 56.3 Å². The number of fused-ring (bicyclic) bond motifs is 1. The first-order valence-electron chi connectivity index (χ1n) is 8.34. The van der Waals surface area contributed by atoms with Gasteiger partial charge in [0.1, 0.15) is 0 Å². The summed E-state index contributed by atoms with van der Waals surface area (Å²) in [6, 6.07) is 0.814. The van der Waals surface area contributed by atoms with Crippen LogP contribution in [0.1, 0.15) is 49.9 Å². The lowest BCUT2D eigenvalue weighted by molar-refractivity contribution is -0.102. The van der Waals surface area contributed by atoms with E-state index in [9.17, 15) is 0 Å². The summed E-state index contributed by atoms with van der Waals surface area (Å²) in [6.45, 7) is 4.64. The summed E-state index contributed by atoms with van der Waals surface area (Å²) in [6.07, 6.45) is 8.58. The van der Waals surface area contributed by atoms with Crippen molar-refractivity contribution in [3.63, 3.8) is 0 Å². The molecule has 2 aliphatic rings. The van der Waals surface area contributed by atoms with Crippen molar-refractivity contribution < 1.29 is 4.74 Å². The van der Waals surface area contributed by atoms with E-state index in [0.717, 1.165) is 19.6 Å². The van der Waals surface area contributed by atoms with Gasteiger partial charge in [-0.3, -0.25) is 9.58 Å². The molecular formula is C16H28N4O. The lowest BCUT2D eigenvalue weighted by Crippen LogP contribution is -2.55. The Balaban J connectivity index is 1.87. The predicted molar refractivity (Wildman–Crippen MR) is 83.1 cm³/mol. The van der Waals surface area contributed by atoms with Gasteiger partial charge in [-0.1, -0.05) is 19.8 Å². The molecule has 2 N–H and O–H groups in total. The van der Waals surface area contributed by atoms with Gasteiger partial charge in [-0.15, -0.1) is 0 Å². The first-order valence-corrected chi connectivity index (χ1v) is 8.34. The van der Waals surface area contributed by atoms with Gasteiger partial charge >= 0.3 is 0 Å². The van der Waals surface area contributed by atoms with E-state index in [-0.39, 0.29) is 6.04 Å². The average molecular weight is 292 g/mol. The molecule has 1 aliphatic heterocycles. The number of hydrogen-bond donors (Lipinski definition) is 1. The lowest BCUT2D eigenvalue weighted by Gasteiger charge is -2.47. The van der Waals surface area contributed by atoms with Crippen LogP contribution in [-0.4, -0.2) is 46.5 Å². The minimum atomic E-state index is 0.281. The molecule has 5 nitrogen and oxygen atoms in total. The van der Waals surface area contributed by atoms with Gasteiger partial charge in [0.2, 0.25) is 0 Å². The smallest absolute Gasteiger partial charge is 0.0731 e. The van der Waals surface area contributed by atoms with Gasteiger partial charge in [0, 0.05) is 37.9 Å². The fraction of sp³-hybridized carbons (Fsp3) is 0.812. The highest BCUT2D eigenvalue weighted by atomic mass is 16.5. The molecule has 1 aromatic rings. The Hall–Kier alpha value is -0.910. The summed E-state index contributed by atoms with van der Waals surface area (Å²) in [5.41, 5.74) is 8.67. The molecule has 3 unspecified atom stereocenters. The Morgan fingerprint density at radius 2 is 2.24 bits per heavy atom. The molecule has 118 valence electrons. The Morgan fingerprint density at radius 3 is 3.00 bits per heavy atom. The maximum absolute atomic E-state index is 6.17. The van der Waals surface area contributed by atoms with Crippen LogP contribution in [0, 0.1) is 0 Å². The lowest BCUT2D eigenvalue weighted by atomic mass is 9.88. The van der Waals surface area contributed by atoms with Crippen LogP contribution in [-0.2, 0) is 18.2 Å². The number of aryl methyl sites for hydroxylation is 2. The Morgan fingerprint density at radius 1 is 1.43 bits per heavy atom. The summed E-state index contributed by atoms with van der Waals surface area (Å²) in [5.74, 6) is 0. The zero-order valence-corrected chi connectivity index (χ0v) is 13.3. The van der Waals surface area contributed by atoms with E-state index in [1.54, 1.807) is 0 Å². The summed E-state index contributed by atoms with van der Waals surface area (Å²) < 4.78 is 7.93. The zero-order valence-electron chi connectivity index (χ0n) is 13.3. The molecule has 0 amide bonds. The monoisotopic (exact) mass is 292 g/mol. The van der Waals surface area contributed by atoms with E-state index >= 15 is 0 Å². The predicted octanol–water partition coefficient (Wildman–Crippen LogP) is 1.63. The van der Waals surface area contributed by atoms with Crippen molar-refractivity contribution in [3.8, 4) is 0 Å². The van der Waals surface area contributed by atoms with Crippen LogP contribution in [0.5, 0.6) is 0 Å². The first kappa shape index (κ1) is 15.0. The second-order valence-electron chi connectivity index (χ2n) is 6.31. The average Bonchev–Trinajstić information content (AvgIpc) is 2.89. The molecule has 0 radical (unpaired) electrons. The fourth-order valence-electron chi connectivity index (χ4n) is 4.06. The maximum Gasteiger partial charge on any atom is 0.0731 e. The van der Waals surface area contributed by atoms with E-state index in [0.29, 0.717) is 18.7 Å². The number of morpholine rings is 1. The van der Waals surface area contributed by atoms with Gasteiger partial charge in [0.05, 0.1) is 24.4 Å². The highest BCUT2D eigenvalue weighted by molar-refractivity contribution is 5.23. The normalized spacial score (nSPS) is 28.3. The van der Waals surface area contributed by atoms with Crippen molar-refractivity contribution in [1.82, 2.24) is 14.7 Å². The van der Waals surface area contributed by atoms with E-state index < -0.39 is 0 Å². The van der Waals surface area contributed by atoms with Crippen LogP contribution in [0.2, 0.25) is 0 Å². The van der Waals surface area contributed by atoms with Gasteiger partial charge in [-0.2, -0.15) is 5.10 Å². The van der Waals surface area contributed by atoms with E-state index in [1.807, 2.05) is 11.7 Å². The van der Waals surface area contributed by atoms with Crippen LogP contribution in [0.3, 0.4) is 0 Å². The van der Waals surface area contributed by atoms with Gasteiger partial charge < -0.3 is 10.5 Å². The number of rotatable bonds is 4.